The van der Waals surface area contributed by atoms with Crippen LogP contribution in [-0.2, 0) is 11.2 Å². The number of hydrogen-bond acceptors (Lipinski definition) is 7. The third-order valence-corrected chi connectivity index (χ3v) is 5.35. The van der Waals surface area contributed by atoms with Gasteiger partial charge in [0.2, 0.25) is 17.6 Å². The van der Waals surface area contributed by atoms with E-state index in [1.807, 2.05) is 41.8 Å². The van der Waals surface area contributed by atoms with Gasteiger partial charge in [0.05, 0.1) is 16.6 Å². The van der Waals surface area contributed by atoms with Crippen LogP contribution in [0.5, 0.6) is 0 Å². The Bertz CT molecular complexity index is 900. The van der Waals surface area contributed by atoms with Crippen LogP contribution < -0.4 is 5.32 Å². The minimum atomic E-state index is -0.116. The number of nitrogens with one attached hydrogen (secondary N) is 1. The molecule has 0 radical (unpaired) electrons. The predicted molar refractivity (Wildman–Crippen MR) is 102 cm³/mol. The highest BCUT2D eigenvalue weighted by Crippen LogP contribution is 2.27. The SMILES string of the molecule is N#CCCSc1ccccc1NC(=O)CCc1nc(-c2cccs2)no1. The Morgan fingerprint density at radius 2 is 2.19 bits per heavy atom. The number of carbonyl (C=O) groups is 1. The number of aromatic nitrogens is 2. The van der Waals surface area contributed by atoms with Crippen LogP contribution in [0.15, 0.2) is 51.2 Å². The number of para-hydroxylation sites is 1. The smallest absolute Gasteiger partial charge is 0.227 e. The van der Waals surface area contributed by atoms with E-state index >= 15 is 0 Å². The van der Waals surface area contributed by atoms with Crippen LogP contribution in [0.4, 0.5) is 5.69 Å². The number of nitrogens with zero attached hydrogens (tertiary/aromatic N) is 3. The minimum absolute atomic E-state index is 0.116. The summed E-state index contributed by atoms with van der Waals surface area (Å²) in [6.45, 7) is 0. The van der Waals surface area contributed by atoms with Crippen molar-refractivity contribution >= 4 is 34.7 Å². The van der Waals surface area contributed by atoms with Crippen molar-refractivity contribution in [1.82, 2.24) is 10.1 Å². The Morgan fingerprint density at radius 3 is 3.00 bits per heavy atom. The zero-order valence-corrected chi connectivity index (χ0v) is 15.5. The zero-order valence-electron chi connectivity index (χ0n) is 13.8. The molecule has 0 saturated carbocycles. The van der Waals surface area contributed by atoms with Gasteiger partial charge in [0.25, 0.3) is 0 Å². The first-order chi connectivity index (χ1) is 12.8. The third kappa shape index (κ3) is 4.94. The van der Waals surface area contributed by atoms with Crippen molar-refractivity contribution in [2.24, 2.45) is 0 Å². The molecule has 0 aliphatic carbocycles. The highest BCUT2D eigenvalue weighted by atomic mass is 32.2. The molecule has 0 aliphatic rings. The van der Waals surface area contributed by atoms with E-state index in [0.717, 1.165) is 15.5 Å². The molecule has 0 unspecified atom stereocenters. The maximum absolute atomic E-state index is 12.2. The number of hydrogen-bond donors (Lipinski definition) is 1. The highest BCUT2D eigenvalue weighted by molar-refractivity contribution is 7.99. The van der Waals surface area contributed by atoms with Crippen LogP contribution in [0, 0.1) is 11.3 Å². The van der Waals surface area contributed by atoms with Gasteiger partial charge in [-0.2, -0.15) is 10.2 Å². The molecule has 0 aliphatic heterocycles. The lowest BCUT2D eigenvalue weighted by Crippen LogP contribution is -2.13. The molecule has 3 rings (SSSR count). The number of amides is 1. The Kier molecular flexibility index (Phi) is 6.41. The number of carbonyl (C=O) groups excluding carboxylic acids is 1. The van der Waals surface area contributed by atoms with Gasteiger partial charge in [0, 0.05) is 29.9 Å². The molecular weight excluding hydrogens is 368 g/mol. The number of nitriles is 1. The van der Waals surface area contributed by atoms with Crippen LogP contribution >= 0.6 is 23.1 Å². The molecule has 26 heavy (non-hydrogen) atoms. The van der Waals surface area contributed by atoms with Gasteiger partial charge in [0.1, 0.15) is 0 Å². The lowest BCUT2D eigenvalue weighted by atomic mass is 10.2. The molecule has 0 spiro atoms. The van der Waals surface area contributed by atoms with Gasteiger partial charge >= 0.3 is 0 Å². The molecular formula is C18H16N4O2S2. The van der Waals surface area contributed by atoms with Gasteiger partial charge in [-0.3, -0.25) is 4.79 Å². The van der Waals surface area contributed by atoms with E-state index in [2.05, 4.69) is 21.5 Å². The fourth-order valence-electron chi connectivity index (χ4n) is 2.20. The summed E-state index contributed by atoms with van der Waals surface area (Å²) in [6.07, 6.45) is 1.11. The van der Waals surface area contributed by atoms with Gasteiger partial charge in [-0.1, -0.05) is 23.4 Å². The Labute approximate surface area is 159 Å². The van der Waals surface area contributed by atoms with Crippen molar-refractivity contribution in [2.45, 2.75) is 24.2 Å². The number of benzene rings is 1. The summed E-state index contributed by atoms with van der Waals surface area (Å²) in [7, 11) is 0. The van der Waals surface area contributed by atoms with E-state index in [-0.39, 0.29) is 12.3 Å². The summed E-state index contributed by atoms with van der Waals surface area (Å²) < 4.78 is 5.21. The average Bonchev–Trinajstić information content (AvgIpc) is 3.33. The van der Waals surface area contributed by atoms with E-state index in [4.69, 9.17) is 9.78 Å². The predicted octanol–water partition coefficient (Wildman–Crippen LogP) is 4.38. The topological polar surface area (TPSA) is 91.8 Å². The van der Waals surface area contributed by atoms with Gasteiger partial charge in [-0.25, -0.2) is 0 Å². The summed E-state index contributed by atoms with van der Waals surface area (Å²) in [5.41, 5.74) is 0.755. The van der Waals surface area contributed by atoms with Gasteiger partial charge in [-0.15, -0.1) is 23.1 Å². The first kappa shape index (κ1) is 18.2. The van der Waals surface area contributed by atoms with Crippen molar-refractivity contribution in [3.63, 3.8) is 0 Å². The summed E-state index contributed by atoms with van der Waals surface area (Å²) >= 11 is 3.09. The molecule has 0 bridgehead atoms. The van der Waals surface area contributed by atoms with E-state index in [1.54, 1.807) is 11.8 Å². The van der Waals surface area contributed by atoms with Gasteiger partial charge < -0.3 is 9.84 Å². The normalized spacial score (nSPS) is 10.4. The van der Waals surface area contributed by atoms with Crippen LogP contribution in [0.1, 0.15) is 18.7 Å². The lowest BCUT2D eigenvalue weighted by molar-refractivity contribution is -0.116. The Hall–Kier alpha value is -2.63. The summed E-state index contributed by atoms with van der Waals surface area (Å²) in [5.74, 6) is 1.57. The average molecular weight is 384 g/mol. The van der Waals surface area contributed by atoms with Crippen LogP contribution in [0.2, 0.25) is 0 Å². The fraction of sp³-hybridized carbons (Fsp3) is 0.222. The molecule has 1 amide bonds. The van der Waals surface area contributed by atoms with Crippen molar-refractivity contribution in [3.05, 3.63) is 47.7 Å². The molecule has 3 aromatic rings. The van der Waals surface area contributed by atoms with Crippen LogP contribution in [0.3, 0.4) is 0 Å². The molecule has 8 heteroatoms. The maximum atomic E-state index is 12.2. The molecule has 2 aromatic heterocycles. The first-order valence-electron chi connectivity index (χ1n) is 8.01. The first-order valence-corrected chi connectivity index (χ1v) is 9.88. The van der Waals surface area contributed by atoms with Crippen molar-refractivity contribution in [3.8, 4) is 16.8 Å². The number of thioether (sulfide) groups is 1. The zero-order chi connectivity index (χ0) is 18.2. The van der Waals surface area contributed by atoms with Crippen molar-refractivity contribution < 1.29 is 9.32 Å². The lowest BCUT2D eigenvalue weighted by Gasteiger charge is -2.09. The Balaban J connectivity index is 1.54. The largest absolute Gasteiger partial charge is 0.339 e. The van der Waals surface area contributed by atoms with Crippen molar-refractivity contribution in [1.29, 1.82) is 5.26 Å². The molecule has 132 valence electrons. The van der Waals surface area contributed by atoms with E-state index in [9.17, 15) is 4.79 Å². The molecule has 2 heterocycles. The second-order valence-corrected chi connectivity index (χ2v) is 7.37. The second-order valence-electron chi connectivity index (χ2n) is 5.29. The third-order valence-electron chi connectivity index (χ3n) is 3.41. The van der Waals surface area contributed by atoms with Crippen LogP contribution in [0.25, 0.3) is 10.7 Å². The van der Waals surface area contributed by atoms with Gasteiger partial charge in [-0.05, 0) is 23.6 Å². The molecule has 6 nitrogen and oxygen atoms in total. The maximum Gasteiger partial charge on any atom is 0.227 e. The summed E-state index contributed by atoms with van der Waals surface area (Å²) in [6, 6.07) is 13.5. The Morgan fingerprint density at radius 1 is 1.31 bits per heavy atom. The minimum Gasteiger partial charge on any atom is -0.339 e. The summed E-state index contributed by atoms with van der Waals surface area (Å²) in [5, 5.41) is 17.4. The molecule has 1 N–H and O–H groups in total. The summed E-state index contributed by atoms with van der Waals surface area (Å²) in [4.78, 5) is 18.5. The van der Waals surface area contributed by atoms with E-state index < -0.39 is 0 Å². The molecule has 0 saturated heterocycles. The number of anilines is 1. The standard InChI is InChI=1S/C18H16N4O2S2/c19-10-4-12-25-14-6-2-1-5-13(14)20-16(23)8-9-17-21-18(22-24-17)15-7-3-11-26-15/h1-3,5-7,11H,4,8-9,12H2,(H,20,23). The van der Waals surface area contributed by atoms with Crippen LogP contribution in [-0.4, -0.2) is 21.8 Å². The fourth-order valence-corrected chi connectivity index (χ4v) is 3.71. The highest BCUT2D eigenvalue weighted by Gasteiger charge is 2.12. The van der Waals surface area contributed by atoms with Gasteiger partial charge in [0.15, 0.2) is 0 Å². The van der Waals surface area contributed by atoms with Crippen molar-refractivity contribution in [2.75, 3.05) is 11.1 Å². The number of aryl methyl sites for hydroxylation is 1. The molecule has 0 atom stereocenters. The number of thiophene rings is 1. The van der Waals surface area contributed by atoms with E-state index in [0.29, 0.717) is 30.3 Å². The van der Waals surface area contributed by atoms with E-state index in [1.165, 1.54) is 11.3 Å². The monoisotopic (exact) mass is 384 g/mol. The molecule has 1 aromatic carbocycles. The molecule has 0 fully saturated rings. The number of rotatable bonds is 8. The second kappa shape index (κ2) is 9.17. The quantitative estimate of drug-likeness (QED) is 0.458.